The Labute approximate surface area is 244 Å². The average Bonchev–Trinajstić information content (AvgIpc) is 3.59. The van der Waals surface area contributed by atoms with Crippen molar-refractivity contribution in [1.29, 1.82) is 0 Å². The summed E-state index contributed by atoms with van der Waals surface area (Å²) >= 11 is 0. The van der Waals surface area contributed by atoms with E-state index >= 15 is 0 Å². The first kappa shape index (κ1) is 30.8. The van der Waals surface area contributed by atoms with Gasteiger partial charge in [-0.1, -0.05) is 19.1 Å². The molecule has 9 heteroatoms. The maximum atomic E-state index is 14.7. The van der Waals surface area contributed by atoms with Crippen LogP contribution in [0.2, 0.25) is 0 Å². The minimum Gasteiger partial charge on any atom is -0.394 e. The van der Waals surface area contributed by atoms with Crippen LogP contribution >= 0.6 is 0 Å². The fourth-order valence-electron chi connectivity index (χ4n) is 7.43. The SMILES string of the molecule is C=CCN(C)C(=O)[C@H]1[C@H]2C(=O)N([C@H](C)CO)C(C(=O)N(CC=C)c3ccc(N(CC)CC)cc3)C23CC[C@]1(CC)O3. The lowest BCUT2D eigenvalue weighted by Gasteiger charge is -2.38. The van der Waals surface area contributed by atoms with E-state index in [4.69, 9.17) is 4.74 Å². The number of rotatable bonds is 13. The van der Waals surface area contributed by atoms with Crippen molar-refractivity contribution < 1.29 is 24.2 Å². The highest BCUT2D eigenvalue weighted by Crippen LogP contribution is 2.65. The van der Waals surface area contributed by atoms with Gasteiger partial charge in [0, 0.05) is 44.6 Å². The average molecular weight is 567 g/mol. The van der Waals surface area contributed by atoms with Crippen molar-refractivity contribution in [3.05, 3.63) is 49.6 Å². The van der Waals surface area contributed by atoms with Crippen LogP contribution in [0.25, 0.3) is 0 Å². The first-order chi connectivity index (χ1) is 19.6. The van der Waals surface area contributed by atoms with Crippen LogP contribution in [0.3, 0.4) is 0 Å². The second-order valence-corrected chi connectivity index (χ2v) is 11.5. The molecule has 3 aliphatic heterocycles. The molecule has 0 saturated carbocycles. The summed E-state index contributed by atoms with van der Waals surface area (Å²) in [5, 5.41) is 10.2. The molecule has 0 aliphatic carbocycles. The largest absolute Gasteiger partial charge is 0.394 e. The molecule has 4 rings (SSSR count). The number of likely N-dealkylation sites (tertiary alicyclic amines) is 1. The van der Waals surface area contributed by atoms with Crippen LogP contribution in [0, 0.1) is 11.8 Å². The molecule has 9 nitrogen and oxygen atoms in total. The Hall–Kier alpha value is -3.17. The number of benzene rings is 1. The molecule has 1 aromatic carbocycles. The Morgan fingerprint density at radius 2 is 1.68 bits per heavy atom. The molecule has 3 heterocycles. The van der Waals surface area contributed by atoms with Crippen LogP contribution in [-0.2, 0) is 19.1 Å². The third-order valence-corrected chi connectivity index (χ3v) is 9.50. The van der Waals surface area contributed by atoms with Gasteiger partial charge >= 0.3 is 0 Å². The van der Waals surface area contributed by atoms with Gasteiger partial charge in [0.2, 0.25) is 11.8 Å². The summed E-state index contributed by atoms with van der Waals surface area (Å²) in [5.74, 6) is -2.30. The Balaban J connectivity index is 1.80. The summed E-state index contributed by atoms with van der Waals surface area (Å²) in [6, 6.07) is 6.20. The van der Waals surface area contributed by atoms with Gasteiger partial charge in [-0.15, -0.1) is 13.2 Å². The quantitative estimate of drug-likeness (QED) is 0.369. The van der Waals surface area contributed by atoms with Crippen LogP contribution in [0.1, 0.15) is 47.0 Å². The molecule has 0 radical (unpaired) electrons. The Morgan fingerprint density at radius 1 is 1.07 bits per heavy atom. The number of hydrogen-bond acceptors (Lipinski definition) is 6. The number of hydrogen-bond donors (Lipinski definition) is 1. The Morgan fingerprint density at radius 3 is 2.22 bits per heavy atom. The lowest BCUT2D eigenvalue weighted by molar-refractivity contribution is -0.152. The first-order valence-electron chi connectivity index (χ1n) is 14.9. The van der Waals surface area contributed by atoms with E-state index in [1.54, 1.807) is 35.9 Å². The van der Waals surface area contributed by atoms with Crippen LogP contribution < -0.4 is 9.80 Å². The van der Waals surface area contributed by atoms with Crippen molar-refractivity contribution in [2.45, 2.75) is 70.2 Å². The number of aliphatic hydroxyl groups is 1. The van der Waals surface area contributed by atoms with Crippen molar-refractivity contribution in [2.75, 3.05) is 49.6 Å². The van der Waals surface area contributed by atoms with Crippen molar-refractivity contribution in [3.8, 4) is 0 Å². The molecule has 3 fully saturated rings. The van der Waals surface area contributed by atoms with E-state index in [2.05, 4.69) is 31.9 Å². The zero-order chi connectivity index (χ0) is 30.1. The number of carbonyl (C=O) groups is 3. The van der Waals surface area contributed by atoms with Gasteiger partial charge in [-0.25, -0.2) is 0 Å². The number of amides is 3. The van der Waals surface area contributed by atoms with E-state index < -0.39 is 35.1 Å². The zero-order valence-corrected chi connectivity index (χ0v) is 25.2. The fraction of sp³-hybridized carbons (Fsp3) is 0.594. The summed E-state index contributed by atoms with van der Waals surface area (Å²) in [5.41, 5.74) is -0.244. The number of aliphatic hydroxyl groups excluding tert-OH is 1. The molecular formula is C32H46N4O5. The first-order valence-corrected chi connectivity index (χ1v) is 14.9. The molecule has 3 saturated heterocycles. The summed E-state index contributed by atoms with van der Waals surface area (Å²) in [7, 11) is 1.70. The van der Waals surface area contributed by atoms with Crippen molar-refractivity contribution in [2.24, 2.45) is 11.8 Å². The van der Waals surface area contributed by atoms with Gasteiger partial charge in [0.1, 0.15) is 11.6 Å². The molecule has 2 unspecified atom stereocenters. The molecule has 1 aromatic rings. The maximum Gasteiger partial charge on any atom is 0.253 e. The predicted octanol–water partition coefficient (Wildman–Crippen LogP) is 3.23. The number of carbonyl (C=O) groups excluding carboxylic acids is 3. The monoisotopic (exact) mass is 566 g/mol. The van der Waals surface area contributed by atoms with E-state index in [1.807, 2.05) is 31.2 Å². The molecule has 0 aromatic heterocycles. The summed E-state index contributed by atoms with van der Waals surface area (Å²) in [6.07, 6.45) is 4.94. The number of likely N-dealkylation sites (N-methyl/N-ethyl adjacent to an activating group) is 1. The fourth-order valence-corrected chi connectivity index (χ4v) is 7.43. The lowest BCUT2D eigenvalue weighted by atomic mass is 9.64. The van der Waals surface area contributed by atoms with Crippen LogP contribution in [-0.4, -0.2) is 95.7 Å². The van der Waals surface area contributed by atoms with Crippen molar-refractivity contribution in [3.63, 3.8) is 0 Å². The molecule has 41 heavy (non-hydrogen) atoms. The smallest absolute Gasteiger partial charge is 0.253 e. The van der Waals surface area contributed by atoms with Gasteiger partial charge in [-0.3, -0.25) is 14.4 Å². The minimum atomic E-state index is -1.16. The highest BCUT2D eigenvalue weighted by Gasteiger charge is 2.79. The molecule has 3 amide bonds. The topological polar surface area (TPSA) is 93.6 Å². The van der Waals surface area contributed by atoms with Gasteiger partial charge in [0.15, 0.2) is 0 Å². The second-order valence-electron chi connectivity index (χ2n) is 11.5. The normalized spacial score (nSPS) is 28.8. The second kappa shape index (κ2) is 12.0. The van der Waals surface area contributed by atoms with Crippen LogP contribution in [0.15, 0.2) is 49.6 Å². The Kier molecular flexibility index (Phi) is 8.99. The van der Waals surface area contributed by atoms with E-state index in [9.17, 15) is 19.5 Å². The van der Waals surface area contributed by atoms with E-state index in [0.717, 1.165) is 18.8 Å². The molecule has 1 N–H and O–H groups in total. The van der Waals surface area contributed by atoms with Gasteiger partial charge in [0.25, 0.3) is 5.91 Å². The van der Waals surface area contributed by atoms with Crippen LogP contribution in [0.5, 0.6) is 0 Å². The van der Waals surface area contributed by atoms with E-state index in [0.29, 0.717) is 31.5 Å². The van der Waals surface area contributed by atoms with Gasteiger partial charge in [-0.2, -0.15) is 0 Å². The van der Waals surface area contributed by atoms with Gasteiger partial charge < -0.3 is 29.4 Å². The third kappa shape index (κ3) is 4.77. The molecule has 3 aliphatic rings. The third-order valence-electron chi connectivity index (χ3n) is 9.50. The standard InChI is InChI=1S/C32H46N4O5/c1-8-19-33(7)28(38)25-26-29(39)36(22(6)21-37)27(32(26)18-17-31(25,10-3)41-32)30(40)35(20-9-2)24-15-13-23(14-16-24)34(11-4)12-5/h8-9,13-16,22,25-27,37H,1-2,10-12,17-21H2,3-7H3/t22-,25-,26+,27?,31+,32?/m1/s1. The minimum absolute atomic E-state index is 0.175. The molecule has 224 valence electrons. The van der Waals surface area contributed by atoms with E-state index in [1.165, 1.54) is 4.90 Å². The molecule has 2 bridgehead atoms. The molecular weight excluding hydrogens is 520 g/mol. The Bertz CT molecular complexity index is 1170. The number of ether oxygens (including phenoxy) is 1. The van der Waals surface area contributed by atoms with Gasteiger partial charge in [0.05, 0.1) is 30.1 Å². The highest BCUT2D eigenvalue weighted by atomic mass is 16.5. The highest BCUT2D eigenvalue weighted by molar-refractivity contribution is 6.05. The molecule has 6 atom stereocenters. The number of nitrogens with zero attached hydrogens (tertiary/aromatic N) is 4. The summed E-state index contributed by atoms with van der Waals surface area (Å²) in [4.78, 5) is 49.8. The van der Waals surface area contributed by atoms with Crippen molar-refractivity contribution >= 4 is 29.1 Å². The molecule has 1 spiro atoms. The van der Waals surface area contributed by atoms with Crippen LogP contribution in [0.4, 0.5) is 11.4 Å². The lowest BCUT2D eigenvalue weighted by Crippen LogP contribution is -2.58. The zero-order valence-electron chi connectivity index (χ0n) is 25.2. The van der Waals surface area contributed by atoms with E-state index in [-0.39, 0.29) is 30.9 Å². The van der Waals surface area contributed by atoms with Gasteiger partial charge in [-0.05, 0) is 64.3 Å². The predicted molar refractivity (Wildman–Crippen MR) is 161 cm³/mol. The summed E-state index contributed by atoms with van der Waals surface area (Å²) in [6.45, 7) is 17.6. The number of fused-ring (bicyclic) bond motifs is 1. The maximum absolute atomic E-state index is 14.7. The summed E-state index contributed by atoms with van der Waals surface area (Å²) < 4.78 is 6.86. The van der Waals surface area contributed by atoms with Crippen molar-refractivity contribution in [1.82, 2.24) is 9.80 Å². The number of anilines is 2.